The fourth-order valence-corrected chi connectivity index (χ4v) is 2.15. The average molecular weight is 202 g/mol. The molecule has 3 nitrogen and oxygen atoms in total. The summed E-state index contributed by atoms with van der Waals surface area (Å²) in [5.74, 6) is 6.28. The van der Waals surface area contributed by atoms with Crippen molar-refractivity contribution in [1.82, 2.24) is 5.43 Å². The van der Waals surface area contributed by atoms with Crippen molar-refractivity contribution in [3.63, 3.8) is 0 Å². The molecular formula is C12H14N2O. The molecule has 3 N–H and O–H groups in total. The van der Waals surface area contributed by atoms with Gasteiger partial charge < -0.3 is 4.42 Å². The molecule has 0 bridgehead atoms. The minimum absolute atomic E-state index is 0.244. The number of nitrogens with two attached hydrogens (primary N) is 1. The van der Waals surface area contributed by atoms with Crippen LogP contribution in [0.1, 0.15) is 24.4 Å². The Kier molecular flexibility index (Phi) is 2.01. The van der Waals surface area contributed by atoms with E-state index in [9.17, 15) is 0 Å². The van der Waals surface area contributed by atoms with E-state index in [0.29, 0.717) is 5.92 Å². The van der Waals surface area contributed by atoms with Gasteiger partial charge in [-0.1, -0.05) is 18.2 Å². The Morgan fingerprint density at radius 3 is 2.87 bits per heavy atom. The van der Waals surface area contributed by atoms with Gasteiger partial charge in [-0.2, -0.15) is 0 Å². The maximum Gasteiger partial charge on any atom is 0.134 e. The van der Waals surface area contributed by atoms with E-state index >= 15 is 0 Å². The Labute approximate surface area is 88.2 Å². The molecule has 1 heterocycles. The first-order valence-electron chi connectivity index (χ1n) is 5.32. The summed E-state index contributed by atoms with van der Waals surface area (Å²) in [6, 6.07) is 8.33. The van der Waals surface area contributed by atoms with Crippen LogP contribution in [0.4, 0.5) is 0 Å². The number of hydrogen-bond acceptors (Lipinski definition) is 3. The Bertz CT molecular complexity index is 473. The average Bonchev–Trinajstić information content (AvgIpc) is 3.01. The van der Waals surface area contributed by atoms with Crippen LogP contribution in [-0.4, -0.2) is 0 Å². The van der Waals surface area contributed by atoms with Crippen molar-refractivity contribution in [3.8, 4) is 0 Å². The summed E-state index contributed by atoms with van der Waals surface area (Å²) in [6.07, 6.45) is 4.34. The van der Waals surface area contributed by atoms with E-state index in [-0.39, 0.29) is 6.04 Å². The fourth-order valence-electron chi connectivity index (χ4n) is 2.15. The van der Waals surface area contributed by atoms with Crippen LogP contribution in [0.2, 0.25) is 0 Å². The first-order valence-corrected chi connectivity index (χ1v) is 5.32. The molecule has 1 aliphatic carbocycles. The zero-order valence-electron chi connectivity index (χ0n) is 8.44. The zero-order chi connectivity index (χ0) is 10.3. The van der Waals surface area contributed by atoms with Gasteiger partial charge >= 0.3 is 0 Å². The summed E-state index contributed by atoms with van der Waals surface area (Å²) in [6.45, 7) is 0. The monoisotopic (exact) mass is 202 g/mol. The number of hydrogen-bond donors (Lipinski definition) is 2. The van der Waals surface area contributed by atoms with Gasteiger partial charge in [0.1, 0.15) is 5.58 Å². The van der Waals surface area contributed by atoms with Crippen molar-refractivity contribution in [2.24, 2.45) is 11.8 Å². The van der Waals surface area contributed by atoms with Gasteiger partial charge in [0.2, 0.25) is 0 Å². The first kappa shape index (κ1) is 8.95. The quantitative estimate of drug-likeness (QED) is 0.593. The second-order valence-electron chi connectivity index (χ2n) is 4.17. The lowest BCUT2D eigenvalue weighted by Gasteiger charge is -2.12. The summed E-state index contributed by atoms with van der Waals surface area (Å²) in [5, 5.41) is 1.17. The first-order chi connectivity index (χ1) is 7.40. The zero-order valence-corrected chi connectivity index (χ0v) is 8.44. The number of fused-ring (bicyclic) bond motifs is 1. The third-order valence-corrected chi connectivity index (χ3v) is 3.12. The van der Waals surface area contributed by atoms with Crippen molar-refractivity contribution < 1.29 is 4.42 Å². The summed E-state index contributed by atoms with van der Waals surface area (Å²) in [7, 11) is 0. The van der Waals surface area contributed by atoms with Gasteiger partial charge in [0.15, 0.2) is 0 Å². The van der Waals surface area contributed by atoms with Crippen LogP contribution in [0.5, 0.6) is 0 Å². The fraction of sp³-hybridized carbons (Fsp3) is 0.333. The van der Waals surface area contributed by atoms with Gasteiger partial charge in [0, 0.05) is 10.9 Å². The molecule has 1 fully saturated rings. The minimum atomic E-state index is 0.244. The molecule has 1 aliphatic rings. The SMILES string of the molecule is NNC(c1coc2ccccc12)C1CC1. The number of para-hydroxylation sites is 1. The van der Waals surface area contributed by atoms with Crippen LogP contribution in [0.3, 0.4) is 0 Å². The summed E-state index contributed by atoms with van der Waals surface area (Å²) in [4.78, 5) is 0. The molecule has 0 amide bonds. The molecular weight excluding hydrogens is 188 g/mol. The predicted molar refractivity (Wildman–Crippen MR) is 59.0 cm³/mol. The molecule has 1 aromatic carbocycles. The molecule has 0 radical (unpaired) electrons. The van der Waals surface area contributed by atoms with Crippen LogP contribution < -0.4 is 11.3 Å². The second-order valence-corrected chi connectivity index (χ2v) is 4.17. The lowest BCUT2D eigenvalue weighted by molar-refractivity contribution is 0.489. The number of benzene rings is 1. The second kappa shape index (κ2) is 3.36. The van der Waals surface area contributed by atoms with Crippen molar-refractivity contribution in [2.45, 2.75) is 18.9 Å². The van der Waals surface area contributed by atoms with Crippen LogP contribution >= 0.6 is 0 Å². The molecule has 3 heteroatoms. The molecule has 1 aromatic heterocycles. The summed E-state index contributed by atoms with van der Waals surface area (Å²) >= 11 is 0. The Balaban J connectivity index is 2.08. The maximum atomic E-state index is 5.60. The molecule has 1 atom stereocenters. The molecule has 2 aromatic rings. The Morgan fingerprint density at radius 1 is 1.33 bits per heavy atom. The van der Waals surface area contributed by atoms with E-state index < -0.39 is 0 Å². The number of rotatable bonds is 3. The number of furan rings is 1. The van der Waals surface area contributed by atoms with Gasteiger partial charge in [-0.25, -0.2) is 0 Å². The normalized spacial score (nSPS) is 18.2. The van der Waals surface area contributed by atoms with Crippen molar-refractivity contribution in [3.05, 3.63) is 36.1 Å². The summed E-state index contributed by atoms with van der Waals surface area (Å²) < 4.78 is 5.51. The highest BCUT2D eigenvalue weighted by molar-refractivity contribution is 5.81. The van der Waals surface area contributed by atoms with Gasteiger partial charge in [0.05, 0.1) is 12.3 Å². The van der Waals surface area contributed by atoms with Crippen LogP contribution in [-0.2, 0) is 0 Å². The Hall–Kier alpha value is -1.32. The van der Waals surface area contributed by atoms with E-state index in [1.807, 2.05) is 24.5 Å². The Morgan fingerprint density at radius 2 is 2.13 bits per heavy atom. The molecule has 3 rings (SSSR count). The highest BCUT2D eigenvalue weighted by Gasteiger charge is 2.33. The third-order valence-electron chi connectivity index (χ3n) is 3.12. The largest absolute Gasteiger partial charge is 0.464 e. The number of nitrogens with one attached hydrogen (secondary N) is 1. The lowest BCUT2D eigenvalue weighted by atomic mass is 10.0. The van der Waals surface area contributed by atoms with E-state index in [1.165, 1.54) is 23.8 Å². The maximum absolute atomic E-state index is 5.60. The molecule has 0 spiro atoms. The van der Waals surface area contributed by atoms with Gasteiger partial charge in [0.25, 0.3) is 0 Å². The molecule has 1 unspecified atom stereocenters. The highest BCUT2D eigenvalue weighted by atomic mass is 16.3. The molecule has 0 aliphatic heterocycles. The molecule has 0 saturated heterocycles. The predicted octanol–water partition coefficient (Wildman–Crippen LogP) is 2.35. The van der Waals surface area contributed by atoms with E-state index in [0.717, 1.165) is 5.58 Å². The topological polar surface area (TPSA) is 51.2 Å². The lowest BCUT2D eigenvalue weighted by Crippen LogP contribution is -2.29. The molecule has 15 heavy (non-hydrogen) atoms. The van der Waals surface area contributed by atoms with Crippen LogP contribution in [0.15, 0.2) is 34.9 Å². The van der Waals surface area contributed by atoms with Crippen molar-refractivity contribution >= 4 is 11.0 Å². The van der Waals surface area contributed by atoms with Crippen molar-refractivity contribution in [2.75, 3.05) is 0 Å². The van der Waals surface area contributed by atoms with Crippen molar-refractivity contribution in [1.29, 1.82) is 0 Å². The third kappa shape index (κ3) is 1.44. The molecule has 78 valence electrons. The molecule has 1 saturated carbocycles. The van der Waals surface area contributed by atoms with E-state index in [1.54, 1.807) is 0 Å². The number of hydrazine groups is 1. The van der Waals surface area contributed by atoms with Gasteiger partial charge in [-0.3, -0.25) is 11.3 Å². The van der Waals surface area contributed by atoms with Gasteiger partial charge in [-0.15, -0.1) is 0 Å². The van der Waals surface area contributed by atoms with Crippen LogP contribution in [0, 0.1) is 5.92 Å². The highest BCUT2D eigenvalue weighted by Crippen LogP contribution is 2.42. The van der Waals surface area contributed by atoms with Crippen LogP contribution in [0.25, 0.3) is 11.0 Å². The summed E-state index contributed by atoms with van der Waals surface area (Å²) in [5.41, 5.74) is 5.03. The van der Waals surface area contributed by atoms with E-state index in [4.69, 9.17) is 10.3 Å². The standard InChI is InChI=1S/C12H14N2O/c13-14-12(8-5-6-8)10-7-15-11-4-2-1-3-9(10)11/h1-4,7-8,12,14H,5-6,13H2. The van der Waals surface area contributed by atoms with Gasteiger partial charge in [-0.05, 0) is 24.8 Å². The van der Waals surface area contributed by atoms with E-state index in [2.05, 4.69) is 11.5 Å². The minimum Gasteiger partial charge on any atom is -0.464 e. The smallest absolute Gasteiger partial charge is 0.134 e.